The second kappa shape index (κ2) is 7.48. The molecule has 27 heavy (non-hydrogen) atoms. The van der Waals surface area contributed by atoms with Crippen molar-refractivity contribution in [2.45, 2.75) is 12.8 Å². The standard InChI is InChI=1S/C22H20N4O/c1-27-22-25-20(17-5-3-2-4-6-17)10-12-26(22)11-9-16-7-8-21-19(13-16)18(14-23)15-24-21/h2-8,10,12-13,15,22,24H,9,11H2,1H3. The van der Waals surface area contributed by atoms with Crippen molar-refractivity contribution < 1.29 is 4.74 Å². The van der Waals surface area contributed by atoms with E-state index in [1.165, 1.54) is 5.56 Å². The average molecular weight is 356 g/mol. The van der Waals surface area contributed by atoms with Crippen molar-refractivity contribution in [3.05, 3.63) is 83.7 Å². The van der Waals surface area contributed by atoms with Gasteiger partial charge in [0.05, 0.1) is 11.3 Å². The SMILES string of the molecule is COC1N=C(c2ccccc2)C=CN1CCc1ccc2[nH]cc(C#N)c2c1. The molecule has 2 aromatic carbocycles. The third kappa shape index (κ3) is 3.48. The Morgan fingerprint density at radius 1 is 1.22 bits per heavy atom. The number of methoxy groups -OCH3 is 1. The van der Waals surface area contributed by atoms with Gasteiger partial charge in [-0.2, -0.15) is 5.26 Å². The summed E-state index contributed by atoms with van der Waals surface area (Å²) in [4.78, 5) is 9.93. The molecule has 3 aromatic rings. The number of H-pyrrole nitrogens is 1. The van der Waals surface area contributed by atoms with Crippen molar-refractivity contribution in [1.82, 2.24) is 9.88 Å². The molecule has 4 rings (SSSR count). The summed E-state index contributed by atoms with van der Waals surface area (Å²) >= 11 is 0. The van der Waals surface area contributed by atoms with Gasteiger partial charge in [-0.25, -0.2) is 4.99 Å². The minimum absolute atomic E-state index is 0.337. The molecule has 134 valence electrons. The topological polar surface area (TPSA) is 64.4 Å². The predicted octanol–water partition coefficient (Wildman–Crippen LogP) is 3.83. The van der Waals surface area contributed by atoms with Crippen LogP contribution in [0.1, 0.15) is 16.7 Å². The predicted molar refractivity (Wildman–Crippen MR) is 106 cm³/mol. The van der Waals surface area contributed by atoms with Gasteiger partial charge in [0.15, 0.2) is 0 Å². The zero-order valence-electron chi connectivity index (χ0n) is 15.1. The molecule has 0 spiro atoms. The van der Waals surface area contributed by atoms with Gasteiger partial charge in [-0.1, -0.05) is 36.4 Å². The summed E-state index contributed by atoms with van der Waals surface area (Å²) in [6.45, 7) is 0.776. The van der Waals surface area contributed by atoms with Crippen molar-refractivity contribution in [2.24, 2.45) is 4.99 Å². The Bertz CT molecular complexity index is 1040. The van der Waals surface area contributed by atoms with Crippen LogP contribution in [0.5, 0.6) is 0 Å². The highest BCUT2D eigenvalue weighted by atomic mass is 16.5. The minimum atomic E-state index is -0.337. The fourth-order valence-corrected chi connectivity index (χ4v) is 3.30. The fourth-order valence-electron chi connectivity index (χ4n) is 3.30. The Hall–Kier alpha value is -3.36. The minimum Gasteiger partial charge on any atom is -0.360 e. The first kappa shape index (κ1) is 17.1. The number of ether oxygens (including phenoxy) is 1. The van der Waals surface area contributed by atoms with Crippen molar-refractivity contribution in [2.75, 3.05) is 13.7 Å². The number of benzene rings is 2. The maximum atomic E-state index is 9.22. The molecule has 1 aliphatic rings. The Labute approximate surface area is 158 Å². The number of fused-ring (bicyclic) bond motifs is 1. The van der Waals surface area contributed by atoms with Crippen LogP contribution in [0.2, 0.25) is 0 Å². The maximum absolute atomic E-state index is 9.22. The normalized spacial score (nSPS) is 16.4. The monoisotopic (exact) mass is 356 g/mol. The summed E-state index contributed by atoms with van der Waals surface area (Å²) < 4.78 is 5.58. The first-order chi connectivity index (χ1) is 13.3. The summed E-state index contributed by atoms with van der Waals surface area (Å²) in [7, 11) is 1.67. The molecule has 0 aliphatic carbocycles. The quantitative estimate of drug-likeness (QED) is 0.756. The number of nitrogens with one attached hydrogen (secondary N) is 1. The van der Waals surface area contributed by atoms with Crippen LogP contribution in [-0.4, -0.2) is 35.6 Å². The molecule has 5 heteroatoms. The molecule has 0 amide bonds. The lowest BCUT2D eigenvalue weighted by Crippen LogP contribution is -2.35. The third-order valence-electron chi connectivity index (χ3n) is 4.76. The van der Waals surface area contributed by atoms with Gasteiger partial charge in [-0.05, 0) is 35.8 Å². The number of hydrogen-bond acceptors (Lipinski definition) is 4. The van der Waals surface area contributed by atoms with E-state index >= 15 is 0 Å². The van der Waals surface area contributed by atoms with E-state index in [2.05, 4.69) is 28.1 Å². The van der Waals surface area contributed by atoms with Gasteiger partial charge in [0, 0.05) is 37.0 Å². The molecule has 5 nitrogen and oxygen atoms in total. The smallest absolute Gasteiger partial charge is 0.227 e. The zero-order valence-corrected chi connectivity index (χ0v) is 15.1. The summed E-state index contributed by atoms with van der Waals surface area (Å²) in [5.41, 5.74) is 4.85. The van der Waals surface area contributed by atoms with Crippen LogP contribution >= 0.6 is 0 Å². The second-order valence-electron chi connectivity index (χ2n) is 6.44. The average Bonchev–Trinajstić information content (AvgIpc) is 3.15. The van der Waals surface area contributed by atoms with Crippen molar-refractivity contribution in [3.63, 3.8) is 0 Å². The number of aromatic nitrogens is 1. The van der Waals surface area contributed by atoms with E-state index in [1.807, 2.05) is 48.7 Å². The van der Waals surface area contributed by atoms with E-state index in [1.54, 1.807) is 13.3 Å². The Balaban J connectivity index is 1.48. The molecular weight excluding hydrogens is 336 g/mol. The number of hydrogen-bond donors (Lipinski definition) is 1. The van der Waals surface area contributed by atoms with Crippen LogP contribution in [0.4, 0.5) is 0 Å². The van der Waals surface area contributed by atoms with Gasteiger partial charge in [0.25, 0.3) is 0 Å². The molecular formula is C22H20N4O. The van der Waals surface area contributed by atoms with E-state index in [0.29, 0.717) is 5.56 Å². The lowest BCUT2D eigenvalue weighted by Gasteiger charge is -2.29. The molecule has 1 unspecified atom stereocenters. The highest BCUT2D eigenvalue weighted by Crippen LogP contribution is 2.20. The van der Waals surface area contributed by atoms with Gasteiger partial charge in [0.2, 0.25) is 6.35 Å². The molecule has 1 aliphatic heterocycles. The molecule has 0 radical (unpaired) electrons. The van der Waals surface area contributed by atoms with Crippen LogP contribution in [-0.2, 0) is 11.2 Å². The van der Waals surface area contributed by atoms with Gasteiger partial charge < -0.3 is 14.6 Å². The van der Waals surface area contributed by atoms with Crippen molar-refractivity contribution in [3.8, 4) is 6.07 Å². The molecule has 1 atom stereocenters. The number of allylic oxidation sites excluding steroid dienone is 1. The zero-order chi connectivity index (χ0) is 18.6. The van der Waals surface area contributed by atoms with Gasteiger partial charge in [0.1, 0.15) is 6.07 Å². The molecule has 1 N–H and O–H groups in total. The second-order valence-corrected chi connectivity index (χ2v) is 6.44. The van der Waals surface area contributed by atoms with Crippen molar-refractivity contribution in [1.29, 1.82) is 5.26 Å². The van der Waals surface area contributed by atoms with E-state index in [4.69, 9.17) is 9.73 Å². The Morgan fingerprint density at radius 2 is 2.07 bits per heavy atom. The van der Waals surface area contributed by atoms with E-state index in [0.717, 1.165) is 35.1 Å². The fraction of sp³-hybridized carbons (Fsp3) is 0.182. The highest BCUT2D eigenvalue weighted by molar-refractivity contribution is 6.09. The Morgan fingerprint density at radius 3 is 2.85 bits per heavy atom. The number of nitrogens with zero attached hydrogens (tertiary/aromatic N) is 3. The van der Waals surface area contributed by atoms with Crippen LogP contribution in [0.15, 0.2) is 72.0 Å². The van der Waals surface area contributed by atoms with Crippen LogP contribution in [0.25, 0.3) is 10.9 Å². The Kier molecular flexibility index (Phi) is 4.73. The molecule has 0 fully saturated rings. The summed E-state index contributed by atoms with van der Waals surface area (Å²) in [5.74, 6) is 0. The molecule has 1 aromatic heterocycles. The summed E-state index contributed by atoms with van der Waals surface area (Å²) in [5, 5.41) is 10.2. The van der Waals surface area contributed by atoms with E-state index < -0.39 is 0 Å². The number of aliphatic imine (C=N–C) groups is 1. The van der Waals surface area contributed by atoms with E-state index in [-0.39, 0.29) is 6.35 Å². The van der Waals surface area contributed by atoms with Gasteiger partial charge in [-0.15, -0.1) is 0 Å². The number of aromatic amines is 1. The van der Waals surface area contributed by atoms with Gasteiger partial charge >= 0.3 is 0 Å². The third-order valence-corrected chi connectivity index (χ3v) is 4.76. The number of nitriles is 1. The van der Waals surface area contributed by atoms with Crippen LogP contribution in [0.3, 0.4) is 0 Å². The maximum Gasteiger partial charge on any atom is 0.227 e. The summed E-state index contributed by atoms with van der Waals surface area (Å²) in [6.07, 6.45) is 6.32. The molecule has 2 heterocycles. The molecule has 0 saturated heterocycles. The van der Waals surface area contributed by atoms with Gasteiger partial charge in [-0.3, -0.25) is 0 Å². The largest absolute Gasteiger partial charge is 0.360 e. The first-order valence-electron chi connectivity index (χ1n) is 8.88. The molecule has 0 saturated carbocycles. The lowest BCUT2D eigenvalue weighted by molar-refractivity contribution is 0.00116. The van der Waals surface area contributed by atoms with Crippen LogP contribution in [0, 0.1) is 11.3 Å². The summed E-state index contributed by atoms with van der Waals surface area (Å²) in [6, 6.07) is 18.5. The molecule has 0 bridgehead atoms. The highest BCUT2D eigenvalue weighted by Gasteiger charge is 2.18. The number of rotatable bonds is 5. The van der Waals surface area contributed by atoms with Crippen molar-refractivity contribution >= 4 is 16.6 Å². The van der Waals surface area contributed by atoms with Crippen LogP contribution < -0.4 is 0 Å². The first-order valence-corrected chi connectivity index (χ1v) is 8.88. The lowest BCUT2D eigenvalue weighted by atomic mass is 10.1. The van der Waals surface area contributed by atoms with E-state index in [9.17, 15) is 5.26 Å².